The van der Waals surface area contributed by atoms with Crippen molar-refractivity contribution in [1.82, 2.24) is 9.97 Å². The molecule has 2 rings (SSSR count). The van der Waals surface area contributed by atoms with Crippen molar-refractivity contribution in [3.8, 4) is 0 Å². The van der Waals surface area contributed by atoms with Gasteiger partial charge in [0, 0.05) is 18.4 Å². The summed E-state index contributed by atoms with van der Waals surface area (Å²) in [5.41, 5.74) is 3.20. The van der Waals surface area contributed by atoms with E-state index in [-0.39, 0.29) is 0 Å². The van der Waals surface area contributed by atoms with E-state index in [2.05, 4.69) is 37.3 Å². The molecule has 0 radical (unpaired) electrons. The lowest BCUT2D eigenvalue weighted by molar-refractivity contribution is 1.08. The van der Waals surface area contributed by atoms with Crippen molar-refractivity contribution in [1.29, 1.82) is 0 Å². The largest absolute Gasteiger partial charge is 0.380 e. The topological polar surface area (TPSA) is 37.8 Å². The Morgan fingerprint density at radius 1 is 1.12 bits per heavy atom. The highest BCUT2D eigenvalue weighted by atomic mass is 79.9. The highest BCUT2D eigenvalue weighted by Gasteiger charge is 1.95. The predicted octanol–water partition coefficient (Wildman–Crippen LogP) is 3.16. The molecular formula is C12H12BrN3. The summed E-state index contributed by atoms with van der Waals surface area (Å²) in [6, 6.07) is 7.98. The lowest BCUT2D eigenvalue weighted by Gasteiger charge is -2.05. The Morgan fingerprint density at radius 2 is 2.00 bits per heavy atom. The Hall–Kier alpha value is -1.42. The molecule has 0 aliphatic rings. The van der Waals surface area contributed by atoms with Crippen LogP contribution in [0.25, 0.3) is 0 Å². The van der Waals surface area contributed by atoms with Crippen molar-refractivity contribution >= 4 is 21.6 Å². The second-order valence-corrected chi connectivity index (χ2v) is 4.34. The molecule has 0 saturated carbocycles. The Balaban J connectivity index is 1.97. The number of hydrogen-bond donors (Lipinski definition) is 1. The van der Waals surface area contributed by atoms with Crippen LogP contribution in [0.15, 0.2) is 41.3 Å². The molecule has 0 aliphatic heterocycles. The van der Waals surface area contributed by atoms with E-state index in [4.69, 9.17) is 0 Å². The SMILES string of the molecule is Cc1ccc(CNc2ccc(Br)nc2)cn1. The molecule has 0 fully saturated rings. The molecule has 2 aromatic rings. The molecule has 0 spiro atoms. The maximum Gasteiger partial charge on any atom is 0.106 e. The maximum atomic E-state index is 4.24. The summed E-state index contributed by atoms with van der Waals surface area (Å²) < 4.78 is 0.843. The summed E-state index contributed by atoms with van der Waals surface area (Å²) in [7, 11) is 0. The average molecular weight is 278 g/mol. The quantitative estimate of drug-likeness (QED) is 0.876. The maximum absolute atomic E-state index is 4.24. The van der Waals surface area contributed by atoms with E-state index in [0.29, 0.717) is 0 Å². The average Bonchev–Trinajstić information content (AvgIpc) is 2.30. The van der Waals surface area contributed by atoms with Crippen LogP contribution in [0, 0.1) is 6.92 Å². The molecule has 0 bridgehead atoms. The first-order valence-corrected chi connectivity index (χ1v) is 5.80. The second kappa shape index (κ2) is 5.07. The van der Waals surface area contributed by atoms with Gasteiger partial charge in [-0.05, 0) is 46.6 Å². The van der Waals surface area contributed by atoms with E-state index in [1.54, 1.807) is 6.20 Å². The molecule has 2 heterocycles. The zero-order valence-corrected chi connectivity index (χ0v) is 10.5. The van der Waals surface area contributed by atoms with Gasteiger partial charge in [-0.25, -0.2) is 4.98 Å². The van der Waals surface area contributed by atoms with Crippen molar-refractivity contribution in [3.63, 3.8) is 0 Å². The van der Waals surface area contributed by atoms with Crippen LogP contribution in [-0.4, -0.2) is 9.97 Å². The first-order chi connectivity index (χ1) is 7.74. The van der Waals surface area contributed by atoms with Crippen LogP contribution < -0.4 is 5.32 Å². The predicted molar refractivity (Wildman–Crippen MR) is 68.2 cm³/mol. The Labute approximate surface area is 103 Å². The van der Waals surface area contributed by atoms with Gasteiger partial charge in [0.2, 0.25) is 0 Å². The highest BCUT2D eigenvalue weighted by molar-refractivity contribution is 9.10. The summed E-state index contributed by atoms with van der Waals surface area (Å²) in [6.07, 6.45) is 3.68. The number of pyridine rings is 2. The normalized spacial score (nSPS) is 10.1. The molecule has 0 amide bonds. The van der Waals surface area contributed by atoms with Gasteiger partial charge in [-0.15, -0.1) is 0 Å². The third-order valence-electron chi connectivity index (χ3n) is 2.20. The lowest BCUT2D eigenvalue weighted by Crippen LogP contribution is -2.00. The van der Waals surface area contributed by atoms with E-state index in [1.807, 2.05) is 31.3 Å². The van der Waals surface area contributed by atoms with Gasteiger partial charge in [-0.3, -0.25) is 4.98 Å². The minimum absolute atomic E-state index is 0.761. The fourth-order valence-electron chi connectivity index (χ4n) is 1.29. The standard InChI is InChI=1S/C12H12BrN3/c1-9-2-3-10(6-14-9)7-15-11-4-5-12(13)16-8-11/h2-6,8,15H,7H2,1H3. The number of rotatable bonds is 3. The molecule has 0 saturated heterocycles. The van der Waals surface area contributed by atoms with Gasteiger partial charge in [-0.2, -0.15) is 0 Å². The third kappa shape index (κ3) is 3.03. The minimum atomic E-state index is 0.761. The van der Waals surface area contributed by atoms with Gasteiger partial charge in [0.15, 0.2) is 0 Å². The van der Waals surface area contributed by atoms with E-state index in [0.717, 1.165) is 28.1 Å². The number of aromatic nitrogens is 2. The molecule has 1 N–H and O–H groups in total. The summed E-state index contributed by atoms with van der Waals surface area (Å²) in [5.74, 6) is 0. The van der Waals surface area contributed by atoms with Gasteiger partial charge in [-0.1, -0.05) is 6.07 Å². The zero-order valence-electron chi connectivity index (χ0n) is 8.94. The molecule has 82 valence electrons. The molecule has 4 heteroatoms. The molecule has 2 aromatic heterocycles. The van der Waals surface area contributed by atoms with Crippen molar-refractivity contribution in [2.24, 2.45) is 0 Å². The van der Waals surface area contributed by atoms with E-state index in [9.17, 15) is 0 Å². The zero-order chi connectivity index (χ0) is 11.4. The van der Waals surface area contributed by atoms with Gasteiger partial charge >= 0.3 is 0 Å². The van der Waals surface area contributed by atoms with Crippen LogP contribution in [0.1, 0.15) is 11.3 Å². The number of halogens is 1. The van der Waals surface area contributed by atoms with Crippen LogP contribution in [0.2, 0.25) is 0 Å². The monoisotopic (exact) mass is 277 g/mol. The van der Waals surface area contributed by atoms with Gasteiger partial charge in [0.05, 0.1) is 11.9 Å². The van der Waals surface area contributed by atoms with Gasteiger partial charge in [0.25, 0.3) is 0 Å². The molecule has 0 aliphatic carbocycles. The molecule has 0 unspecified atom stereocenters. The summed E-state index contributed by atoms with van der Waals surface area (Å²) in [4.78, 5) is 8.39. The minimum Gasteiger partial charge on any atom is -0.380 e. The van der Waals surface area contributed by atoms with Crippen LogP contribution in [0.3, 0.4) is 0 Å². The number of nitrogens with zero attached hydrogens (tertiary/aromatic N) is 2. The molecule has 0 aromatic carbocycles. The lowest BCUT2D eigenvalue weighted by atomic mass is 10.2. The number of nitrogens with one attached hydrogen (secondary N) is 1. The third-order valence-corrected chi connectivity index (χ3v) is 2.67. The fraction of sp³-hybridized carbons (Fsp3) is 0.167. The molecule has 16 heavy (non-hydrogen) atoms. The number of anilines is 1. The Morgan fingerprint density at radius 3 is 2.62 bits per heavy atom. The first-order valence-electron chi connectivity index (χ1n) is 5.01. The molecule has 3 nitrogen and oxygen atoms in total. The summed E-state index contributed by atoms with van der Waals surface area (Å²) in [5, 5.41) is 3.28. The van der Waals surface area contributed by atoms with Crippen molar-refractivity contribution in [2.75, 3.05) is 5.32 Å². The van der Waals surface area contributed by atoms with Gasteiger partial charge < -0.3 is 5.32 Å². The van der Waals surface area contributed by atoms with E-state index >= 15 is 0 Å². The molecule has 0 atom stereocenters. The summed E-state index contributed by atoms with van der Waals surface area (Å²) >= 11 is 3.30. The van der Waals surface area contributed by atoms with Crippen molar-refractivity contribution < 1.29 is 0 Å². The number of hydrogen-bond acceptors (Lipinski definition) is 3. The smallest absolute Gasteiger partial charge is 0.106 e. The molecular weight excluding hydrogens is 266 g/mol. The summed E-state index contributed by atoms with van der Waals surface area (Å²) in [6.45, 7) is 2.74. The van der Waals surface area contributed by atoms with Crippen LogP contribution in [-0.2, 0) is 6.54 Å². The van der Waals surface area contributed by atoms with E-state index < -0.39 is 0 Å². The Kier molecular flexibility index (Phi) is 3.51. The number of aryl methyl sites for hydroxylation is 1. The van der Waals surface area contributed by atoms with Crippen molar-refractivity contribution in [2.45, 2.75) is 13.5 Å². The fourth-order valence-corrected chi connectivity index (χ4v) is 1.52. The van der Waals surface area contributed by atoms with Crippen LogP contribution in [0.4, 0.5) is 5.69 Å². The van der Waals surface area contributed by atoms with Gasteiger partial charge in [0.1, 0.15) is 4.60 Å². The second-order valence-electron chi connectivity index (χ2n) is 3.53. The Bertz CT molecular complexity index is 405. The van der Waals surface area contributed by atoms with Crippen molar-refractivity contribution in [3.05, 3.63) is 52.5 Å². The van der Waals surface area contributed by atoms with Crippen LogP contribution in [0.5, 0.6) is 0 Å². The highest BCUT2D eigenvalue weighted by Crippen LogP contribution is 2.11. The first kappa shape index (κ1) is 11.1. The van der Waals surface area contributed by atoms with Crippen LogP contribution >= 0.6 is 15.9 Å². The van der Waals surface area contributed by atoms with E-state index in [1.165, 1.54) is 0 Å².